The molecule has 0 atom stereocenters. The van der Waals surface area contributed by atoms with Gasteiger partial charge in [0.2, 0.25) is 0 Å². The molecule has 0 saturated carbocycles. The number of hydrogen-bond donors (Lipinski definition) is 3. The molecule has 0 bridgehead atoms. The van der Waals surface area contributed by atoms with Crippen molar-refractivity contribution >= 4 is 55.8 Å². The molecular formula is C59H67N8NaO9. The molecule has 0 spiro atoms. The number of nitrogens with one attached hydrogen (secondary N) is 2. The second kappa shape index (κ2) is 22.6. The van der Waals surface area contributed by atoms with Crippen LogP contribution in [0.2, 0.25) is 0 Å². The Hall–Kier alpha value is -7.44. The molecule has 0 aliphatic heterocycles. The third-order valence-electron chi connectivity index (χ3n) is 13.2. The monoisotopic (exact) mass is 1050 g/mol. The van der Waals surface area contributed by atoms with Gasteiger partial charge in [-0.25, -0.2) is 29.5 Å². The number of carbonyl (C=O) groups is 2. The molecule has 10 rings (SSSR count). The molecule has 0 radical (unpaired) electrons. The van der Waals surface area contributed by atoms with E-state index in [2.05, 4.69) is 72.9 Å². The average Bonchev–Trinajstić information content (AvgIpc) is 4.09. The van der Waals surface area contributed by atoms with E-state index < -0.39 is 5.97 Å². The van der Waals surface area contributed by atoms with E-state index in [1.54, 1.807) is 26.4 Å². The van der Waals surface area contributed by atoms with Crippen molar-refractivity contribution in [2.75, 3.05) is 21.3 Å². The first-order valence-corrected chi connectivity index (χ1v) is 23.8. The van der Waals surface area contributed by atoms with Crippen molar-refractivity contribution in [3.63, 3.8) is 0 Å². The topological polar surface area (TPSA) is 247 Å². The van der Waals surface area contributed by atoms with Crippen LogP contribution in [-0.4, -0.2) is 84.1 Å². The van der Waals surface area contributed by atoms with Gasteiger partial charge in [-0.2, -0.15) is 0 Å². The van der Waals surface area contributed by atoms with Gasteiger partial charge in [-0.1, -0.05) is 66.7 Å². The third-order valence-corrected chi connectivity index (χ3v) is 13.2. The molecule has 0 aliphatic rings. The van der Waals surface area contributed by atoms with Gasteiger partial charge in [0, 0.05) is 44.1 Å². The van der Waals surface area contributed by atoms with Crippen LogP contribution in [0.25, 0.3) is 88.6 Å². The summed E-state index contributed by atoms with van der Waals surface area (Å²) in [6, 6.07) is 19.2. The largest absolute Gasteiger partial charge is 1.00 e. The molecule has 10 aromatic rings. The second-order valence-electron chi connectivity index (χ2n) is 20.4. The first-order chi connectivity index (χ1) is 34.5. The molecular weight excluding hydrogens is 988 g/mol. The molecule has 17 nitrogen and oxygen atoms in total. The average molecular weight is 1060 g/mol. The number of carboxylic acid groups (broad SMARTS) is 1. The molecule has 18 heteroatoms. The number of carboxylic acids is 1. The Morgan fingerprint density at radius 1 is 0.558 bits per heavy atom. The van der Waals surface area contributed by atoms with E-state index in [0.29, 0.717) is 51.5 Å². The normalized spacial score (nSPS) is 11.3. The number of aromatic amines is 2. The second-order valence-corrected chi connectivity index (χ2v) is 20.4. The van der Waals surface area contributed by atoms with E-state index >= 15 is 0 Å². The first kappa shape index (κ1) is 60.4. The molecule has 0 fully saturated rings. The number of hydrogen-bond acceptors (Lipinski definition) is 14. The van der Waals surface area contributed by atoms with E-state index in [-0.39, 0.29) is 72.2 Å². The van der Waals surface area contributed by atoms with E-state index in [4.69, 9.17) is 38.2 Å². The zero-order chi connectivity index (χ0) is 52.6. The molecule has 0 unspecified atom stereocenters. The minimum absolute atomic E-state index is 0. The van der Waals surface area contributed by atoms with E-state index in [9.17, 15) is 14.7 Å². The van der Waals surface area contributed by atoms with Crippen LogP contribution in [-0.2, 0) is 15.6 Å². The fourth-order valence-corrected chi connectivity index (χ4v) is 9.51. The summed E-state index contributed by atoms with van der Waals surface area (Å²) in [7, 11) is 4.67. The Morgan fingerprint density at radius 2 is 0.948 bits per heavy atom. The molecule has 77 heavy (non-hydrogen) atoms. The number of benzene rings is 4. The summed E-state index contributed by atoms with van der Waals surface area (Å²) in [5.41, 5.74) is 13.4. The fourth-order valence-electron chi connectivity index (χ4n) is 9.51. The van der Waals surface area contributed by atoms with Crippen LogP contribution in [0.4, 0.5) is 0 Å². The fraction of sp³-hybridized carbons (Fsp3) is 0.322. The van der Waals surface area contributed by atoms with E-state index in [1.165, 1.54) is 7.11 Å². The molecule has 4 aromatic carbocycles. The van der Waals surface area contributed by atoms with Crippen molar-refractivity contribution in [1.29, 1.82) is 0 Å². The number of rotatable bonds is 8. The van der Waals surface area contributed by atoms with Gasteiger partial charge in [0.1, 0.15) is 46.0 Å². The number of esters is 1. The van der Waals surface area contributed by atoms with Crippen LogP contribution in [0.1, 0.15) is 123 Å². The van der Waals surface area contributed by atoms with Crippen molar-refractivity contribution in [2.45, 2.75) is 109 Å². The van der Waals surface area contributed by atoms with E-state index in [0.717, 1.165) is 99.9 Å². The number of methoxy groups -OCH3 is 3. The number of fused-ring (bicyclic) bond motifs is 6. The number of nitrogens with zero attached hydrogens (tertiary/aromatic N) is 6. The number of ether oxygens (including phenoxy) is 3. The Bertz CT molecular complexity index is 3830. The van der Waals surface area contributed by atoms with Crippen molar-refractivity contribution in [3.8, 4) is 56.3 Å². The summed E-state index contributed by atoms with van der Waals surface area (Å²) < 4.78 is 27.5. The maximum absolute atomic E-state index is 12.6. The van der Waals surface area contributed by atoms with Gasteiger partial charge in [0.05, 0.1) is 77.1 Å². The van der Waals surface area contributed by atoms with Crippen LogP contribution in [0.15, 0.2) is 69.7 Å². The van der Waals surface area contributed by atoms with Gasteiger partial charge in [-0.05, 0) is 124 Å². The zero-order valence-electron chi connectivity index (χ0n) is 45.2. The number of aromatic nitrogens is 8. The number of carbonyl (C=O) groups excluding carboxylic acids is 1. The molecule has 6 heterocycles. The van der Waals surface area contributed by atoms with Crippen LogP contribution in [0.5, 0.6) is 11.5 Å². The van der Waals surface area contributed by atoms with Gasteiger partial charge < -0.3 is 43.8 Å². The quantitative estimate of drug-likeness (QED) is 0.0946. The van der Waals surface area contributed by atoms with Crippen molar-refractivity contribution in [3.05, 3.63) is 117 Å². The summed E-state index contributed by atoms with van der Waals surface area (Å²) in [5, 5.41) is 21.5. The van der Waals surface area contributed by atoms with Gasteiger partial charge in [-0.3, -0.25) is 0 Å². The number of H-pyrrole nitrogens is 2. The number of aromatic carboxylic acids is 1. The SMILES string of the molecule is C.C.COC(=O)c1cc(-c2nc(C)nc3[nH]c4cc(-c5c(C)noc5C)c(OC)cc4c23)cc(C(C)(C)C)c1.COc1cc2c(cc1-c1c(C)noc1C)[nH]c1nc(C)nc(-c3cc(C(=O)O)cc(C(C)(C)C)c3)c12.[Na+].[OH-]. The zero-order valence-corrected chi connectivity index (χ0v) is 47.2. The molecule has 398 valence electrons. The summed E-state index contributed by atoms with van der Waals surface area (Å²) in [4.78, 5) is 50.4. The summed E-state index contributed by atoms with van der Waals surface area (Å²) >= 11 is 0. The Balaban J connectivity index is 0.000000270. The Kier molecular flexibility index (Phi) is 17.8. The van der Waals surface area contributed by atoms with Crippen LogP contribution in [0, 0.1) is 41.5 Å². The van der Waals surface area contributed by atoms with Gasteiger partial charge in [-0.15, -0.1) is 0 Å². The summed E-state index contributed by atoms with van der Waals surface area (Å²) in [6.45, 7) is 23.8. The number of aryl methyl sites for hydroxylation is 6. The van der Waals surface area contributed by atoms with Crippen LogP contribution >= 0.6 is 0 Å². The standard InChI is InChI=1S/C29H30N4O4.C28H28N4O4.2CH4.Na.H2O/c1-14-24(15(2)37-33-14)21-12-22-20(13-23(21)35-7)25-26(30-16(3)31-27(25)32-22)17-9-18(28(34)36-8)11-19(10-17)29(4,5)6;1-13-23(14(2)36-32-13)20-11-21-19(12-22(20)35-7)24-25(29-15(3)30-26(24)31-21)16-8-17(27(33)34)10-18(9-16)28(4,5)6;;;;/h9-13H,1-8H3,(H,30,31,32);8-12H,1-7H3,(H,33,34)(H,29,30,31);2*1H4;;1H2/q;;;;+1;/p-1. The van der Waals surface area contributed by atoms with Crippen molar-refractivity contribution < 1.29 is 73.0 Å². The molecule has 6 aromatic heterocycles. The van der Waals surface area contributed by atoms with Gasteiger partial charge in [0.15, 0.2) is 0 Å². The molecule has 0 saturated heterocycles. The van der Waals surface area contributed by atoms with Crippen molar-refractivity contribution in [1.82, 2.24) is 40.2 Å². The smallest absolute Gasteiger partial charge is 0.870 e. The van der Waals surface area contributed by atoms with Crippen molar-refractivity contribution in [2.24, 2.45) is 0 Å². The molecule has 4 N–H and O–H groups in total. The van der Waals surface area contributed by atoms with Crippen LogP contribution < -0.4 is 39.0 Å². The maximum Gasteiger partial charge on any atom is 1.00 e. The maximum atomic E-state index is 12.6. The Morgan fingerprint density at radius 3 is 1.29 bits per heavy atom. The Labute approximate surface area is 470 Å². The predicted molar refractivity (Wildman–Crippen MR) is 297 cm³/mol. The summed E-state index contributed by atoms with van der Waals surface area (Å²) in [5.74, 6) is 2.61. The van der Waals surface area contributed by atoms with E-state index in [1.807, 2.05) is 84.0 Å². The summed E-state index contributed by atoms with van der Waals surface area (Å²) in [6.07, 6.45) is 0. The molecule has 0 amide bonds. The van der Waals surface area contributed by atoms with Gasteiger partial charge >= 0.3 is 41.5 Å². The minimum Gasteiger partial charge on any atom is -0.870 e. The minimum atomic E-state index is -0.978. The predicted octanol–water partition coefficient (Wildman–Crippen LogP) is 10.9. The van der Waals surface area contributed by atoms with Crippen LogP contribution in [0.3, 0.4) is 0 Å². The van der Waals surface area contributed by atoms with Gasteiger partial charge in [0.25, 0.3) is 0 Å². The third kappa shape index (κ3) is 11.2. The first-order valence-electron chi connectivity index (χ1n) is 23.8. The molecule has 0 aliphatic carbocycles.